The van der Waals surface area contributed by atoms with Crippen LogP contribution in [-0.4, -0.2) is 22.9 Å². The number of carbonyl (C=O) groups is 1. The topological polar surface area (TPSA) is 20.3 Å². The largest absolute Gasteiger partial charge is 0.446 e. The van der Waals surface area contributed by atoms with Crippen LogP contribution in [0.15, 0.2) is 77.7 Å². The fourth-order valence-electron chi connectivity index (χ4n) is 3.78. The first-order valence-corrected chi connectivity index (χ1v) is 10.1. The van der Waals surface area contributed by atoms with Crippen LogP contribution in [0.4, 0.5) is 17.6 Å². The maximum Gasteiger partial charge on any atom is 0.446 e. The molecular formula is C23H17F4NOS. The highest BCUT2D eigenvalue weighted by Crippen LogP contribution is 2.39. The molecule has 0 aromatic heterocycles. The second-order valence-corrected chi connectivity index (χ2v) is 8.08. The van der Waals surface area contributed by atoms with E-state index in [1.807, 2.05) is 24.3 Å². The first kappa shape index (κ1) is 20.5. The van der Waals surface area contributed by atoms with Crippen molar-refractivity contribution in [1.29, 1.82) is 0 Å². The zero-order valence-electron chi connectivity index (χ0n) is 15.7. The van der Waals surface area contributed by atoms with E-state index in [2.05, 4.69) is 0 Å². The summed E-state index contributed by atoms with van der Waals surface area (Å²) in [7, 11) is 0. The molecule has 3 aromatic carbocycles. The summed E-state index contributed by atoms with van der Waals surface area (Å²) in [4.78, 5) is 14.9. The molecule has 1 heterocycles. The SMILES string of the molecule is O=C(c1ccc(SC(F)(F)F)cc1)N1CCc2ccccc2[C@@H]1c1ccccc1F. The summed E-state index contributed by atoms with van der Waals surface area (Å²) in [6.07, 6.45) is 0.620. The molecule has 1 aliphatic heterocycles. The van der Waals surface area contributed by atoms with Crippen LogP contribution in [0.1, 0.15) is 33.1 Å². The Balaban J connectivity index is 1.70. The molecule has 4 rings (SSSR count). The van der Waals surface area contributed by atoms with Crippen LogP contribution < -0.4 is 0 Å². The smallest absolute Gasteiger partial charge is 0.327 e. The Morgan fingerprint density at radius 3 is 2.20 bits per heavy atom. The molecule has 0 fully saturated rings. The zero-order chi connectivity index (χ0) is 21.3. The van der Waals surface area contributed by atoms with Crippen LogP contribution in [0.25, 0.3) is 0 Å². The van der Waals surface area contributed by atoms with Crippen molar-refractivity contribution in [1.82, 2.24) is 4.90 Å². The van der Waals surface area contributed by atoms with E-state index in [9.17, 15) is 22.4 Å². The number of halogens is 4. The molecule has 0 saturated heterocycles. The lowest BCUT2D eigenvalue weighted by molar-refractivity contribution is -0.0328. The van der Waals surface area contributed by atoms with E-state index in [4.69, 9.17) is 0 Å². The minimum atomic E-state index is -4.39. The number of rotatable bonds is 3. The summed E-state index contributed by atoms with van der Waals surface area (Å²) in [6.45, 7) is 0.383. The number of nitrogens with zero attached hydrogens (tertiary/aromatic N) is 1. The Morgan fingerprint density at radius 1 is 0.900 bits per heavy atom. The van der Waals surface area contributed by atoms with Crippen LogP contribution in [0, 0.1) is 5.82 Å². The third-order valence-electron chi connectivity index (χ3n) is 5.08. The lowest BCUT2D eigenvalue weighted by Crippen LogP contribution is -2.41. The molecule has 3 aromatic rings. The second kappa shape index (κ2) is 8.14. The summed E-state index contributed by atoms with van der Waals surface area (Å²) in [5.41, 5.74) is -1.83. The van der Waals surface area contributed by atoms with Gasteiger partial charge in [-0.25, -0.2) is 4.39 Å². The summed E-state index contributed by atoms with van der Waals surface area (Å²) in [5.74, 6) is -0.754. The minimum Gasteiger partial charge on any atom is -0.327 e. The fraction of sp³-hybridized carbons (Fsp3) is 0.174. The van der Waals surface area contributed by atoms with Gasteiger partial charge in [-0.1, -0.05) is 42.5 Å². The fourth-order valence-corrected chi connectivity index (χ4v) is 4.32. The van der Waals surface area contributed by atoms with Crippen LogP contribution >= 0.6 is 11.8 Å². The normalized spacial score (nSPS) is 16.3. The molecule has 1 amide bonds. The van der Waals surface area contributed by atoms with Gasteiger partial charge in [-0.05, 0) is 59.6 Å². The lowest BCUT2D eigenvalue weighted by atomic mass is 9.87. The Morgan fingerprint density at radius 2 is 1.53 bits per heavy atom. The van der Waals surface area contributed by atoms with Gasteiger partial charge in [0.1, 0.15) is 5.82 Å². The van der Waals surface area contributed by atoms with Gasteiger partial charge in [0.2, 0.25) is 0 Å². The number of hydrogen-bond acceptors (Lipinski definition) is 2. The van der Waals surface area contributed by atoms with Crippen molar-refractivity contribution in [3.63, 3.8) is 0 Å². The number of hydrogen-bond donors (Lipinski definition) is 0. The van der Waals surface area contributed by atoms with Gasteiger partial charge < -0.3 is 4.90 Å². The first-order chi connectivity index (χ1) is 14.3. The Bertz CT molecular complexity index is 1070. The number of carbonyl (C=O) groups excluding carboxylic acids is 1. The molecule has 30 heavy (non-hydrogen) atoms. The highest BCUT2D eigenvalue weighted by molar-refractivity contribution is 8.00. The zero-order valence-corrected chi connectivity index (χ0v) is 16.5. The number of thioether (sulfide) groups is 1. The number of amides is 1. The molecule has 0 spiro atoms. The van der Waals surface area contributed by atoms with Gasteiger partial charge in [0, 0.05) is 22.6 Å². The molecule has 0 saturated carbocycles. The molecule has 0 radical (unpaired) electrons. The van der Waals surface area contributed by atoms with E-state index < -0.39 is 17.4 Å². The quantitative estimate of drug-likeness (QED) is 0.362. The molecule has 0 unspecified atom stereocenters. The molecule has 154 valence electrons. The molecule has 0 N–H and O–H groups in total. The Kier molecular flexibility index (Phi) is 5.56. The van der Waals surface area contributed by atoms with Crippen molar-refractivity contribution < 1.29 is 22.4 Å². The van der Waals surface area contributed by atoms with E-state index in [1.54, 1.807) is 23.1 Å². The first-order valence-electron chi connectivity index (χ1n) is 9.32. The molecule has 1 atom stereocenters. The van der Waals surface area contributed by atoms with Crippen molar-refractivity contribution in [3.8, 4) is 0 Å². The van der Waals surface area contributed by atoms with E-state index in [0.29, 0.717) is 18.5 Å². The molecule has 7 heteroatoms. The monoisotopic (exact) mass is 431 g/mol. The van der Waals surface area contributed by atoms with E-state index >= 15 is 0 Å². The van der Waals surface area contributed by atoms with Gasteiger partial charge in [-0.3, -0.25) is 4.79 Å². The van der Waals surface area contributed by atoms with Crippen molar-refractivity contribution in [2.75, 3.05) is 6.54 Å². The van der Waals surface area contributed by atoms with E-state index in [1.165, 1.54) is 30.3 Å². The van der Waals surface area contributed by atoms with E-state index in [0.717, 1.165) is 11.1 Å². The summed E-state index contributed by atoms with van der Waals surface area (Å²) < 4.78 is 52.4. The summed E-state index contributed by atoms with van der Waals surface area (Å²) in [6, 6.07) is 18.7. The third-order valence-corrected chi connectivity index (χ3v) is 5.82. The Labute approximate surface area is 175 Å². The maximum atomic E-state index is 14.7. The number of benzene rings is 3. The van der Waals surface area contributed by atoms with Crippen LogP contribution in [-0.2, 0) is 6.42 Å². The van der Waals surface area contributed by atoms with Crippen LogP contribution in [0.2, 0.25) is 0 Å². The van der Waals surface area contributed by atoms with Crippen LogP contribution in [0.5, 0.6) is 0 Å². The van der Waals surface area contributed by atoms with Gasteiger partial charge in [-0.15, -0.1) is 0 Å². The molecule has 1 aliphatic rings. The van der Waals surface area contributed by atoms with Gasteiger partial charge in [0.05, 0.1) is 6.04 Å². The van der Waals surface area contributed by atoms with Crippen molar-refractivity contribution in [3.05, 3.63) is 101 Å². The number of alkyl halides is 3. The highest BCUT2D eigenvalue weighted by atomic mass is 32.2. The standard InChI is InChI=1S/C23H17F4NOS/c24-20-8-4-3-7-19(20)21-18-6-2-1-5-15(18)13-14-28(21)22(29)16-9-11-17(12-10-16)30-23(25,26)27/h1-12,21H,13-14H2/t21-/m1/s1. The van der Waals surface area contributed by atoms with Crippen molar-refractivity contribution >= 4 is 17.7 Å². The lowest BCUT2D eigenvalue weighted by Gasteiger charge is -2.38. The van der Waals surface area contributed by atoms with E-state index in [-0.39, 0.29) is 28.1 Å². The molecule has 0 bridgehead atoms. The van der Waals surface area contributed by atoms with Gasteiger partial charge in [0.25, 0.3) is 5.91 Å². The predicted molar refractivity (Wildman–Crippen MR) is 108 cm³/mol. The minimum absolute atomic E-state index is 0.00805. The molecular weight excluding hydrogens is 414 g/mol. The molecule has 2 nitrogen and oxygen atoms in total. The third kappa shape index (κ3) is 4.21. The molecule has 0 aliphatic carbocycles. The summed E-state index contributed by atoms with van der Waals surface area (Å²) in [5, 5.41) is 0. The number of fused-ring (bicyclic) bond motifs is 1. The van der Waals surface area contributed by atoms with Crippen molar-refractivity contribution in [2.45, 2.75) is 22.9 Å². The second-order valence-electron chi connectivity index (χ2n) is 6.94. The highest BCUT2D eigenvalue weighted by Gasteiger charge is 2.34. The van der Waals surface area contributed by atoms with Gasteiger partial charge in [-0.2, -0.15) is 13.2 Å². The van der Waals surface area contributed by atoms with Crippen molar-refractivity contribution in [2.24, 2.45) is 0 Å². The summed E-state index contributed by atoms with van der Waals surface area (Å²) >= 11 is -0.228. The van der Waals surface area contributed by atoms with Crippen LogP contribution in [0.3, 0.4) is 0 Å². The average Bonchev–Trinajstić information content (AvgIpc) is 2.72. The van der Waals surface area contributed by atoms with Gasteiger partial charge in [0.15, 0.2) is 0 Å². The maximum absolute atomic E-state index is 14.7. The average molecular weight is 431 g/mol. The Hall–Kier alpha value is -2.80. The predicted octanol–water partition coefficient (Wildman–Crippen LogP) is 6.23. The van der Waals surface area contributed by atoms with Gasteiger partial charge >= 0.3 is 5.51 Å².